The lowest BCUT2D eigenvalue weighted by atomic mass is 10.1. The van der Waals surface area contributed by atoms with Gasteiger partial charge in [-0.25, -0.2) is 9.59 Å². The number of carbonyl (C=O) groups is 2. The van der Waals surface area contributed by atoms with E-state index in [1.54, 1.807) is 20.8 Å². The summed E-state index contributed by atoms with van der Waals surface area (Å²) in [6, 6.07) is 4.23. The van der Waals surface area contributed by atoms with Gasteiger partial charge >= 0.3 is 12.1 Å². The minimum atomic E-state index is -1.16. The number of ether oxygens (including phenoxy) is 2. The van der Waals surface area contributed by atoms with E-state index in [2.05, 4.69) is 15.5 Å². The number of benzene rings is 1. The van der Waals surface area contributed by atoms with Crippen LogP contribution in [0, 0.1) is 0 Å². The largest absolute Gasteiger partial charge is 0.503 e. The summed E-state index contributed by atoms with van der Waals surface area (Å²) in [7, 11) is 1.35. The molecule has 25 heavy (non-hydrogen) atoms. The van der Waals surface area contributed by atoms with Crippen molar-refractivity contribution in [3.05, 3.63) is 23.9 Å². The summed E-state index contributed by atoms with van der Waals surface area (Å²) >= 11 is 0. The second-order valence-corrected chi connectivity index (χ2v) is 6.17. The quantitative estimate of drug-likeness (QED) is 0.624. The second-order valence-electron chi connectivity index (χ2n) is 6.17. The standard InChI is InChI=1S/C16H19N3O6/c1-16(2,3)25-15(23)17-10-5-8(6-12(24-4)13(10)20)9-7-11(14(21)22)19-18-9/h5-7,20H,1-4H3,(H,17,23)(H,18,19)(H,21,22). The van der Waals surface area contributed by atoms with Gasteiger partial charge in [0.1, 0.15) is 11.3 Å². The topological polar surface area (TPSA) is 134 Å². The normalized spacial score (nSPS) is 11.0. The molecule has 0 unspecified atom stereocenters. The van der Waals surface area contributed by atoms with Gasteiger partial charge in [0.15, 0.2) is 11.5 Å². The van der Waals surface area contributed by atoms with Crippen molar-refractivity contribution in [3.8, 4) is 22.8 Å². The van der Waals surface area contributed by atoms with Crippen LogP contribution in [0.2, 0.25) is 0 Å². The number of nitrogens with zero attached hydrogens (tertiary/aromatic N) is 1. The summed E-state index contributed by atoms with van der Waals surface area (Å²) in [6.07, 6.45) is -0.754. The zero-order chi connectivity index (χ0) is 18.8. The number of phenolic OH excluding ortho intramolecular Hbond substituents is 1. The van der Waals surface area contributed by atoms with E-state index in [-0.39, 0.29) is 22.9 Å². The Labute approximate surface area is 143 Å². The molecule has 1 amide bonds. The van der Waals surface area contributed by atoms with Crippen molar-refractivity contribution >= 4 is 17.7 Å². The number of aromatic amines is 1. The Morgan fingerprint density at radius 1 is 1.24 bits per heavy atom. The number of anilines is 1. The first-order chi connectivity index (χ1) is 11.6. The Bertz CT molecular complexity index is 807. The summed E-state index contributed by atoms with van der Waals surface area (Å²) in [5.74, 6) is -1.36. The first-order valence-electron chi connectivity index (χ1n) is 7.31. The van der Waals surface area contributed by atoms with E-state index in [9.17, 15) is 14.7 Å². The summed E-state index contributed by atoms with van der Waals surface area (Å²) in [4.78, 5) is 22.9. The third-order valence-electron chi connectivity index (χ3n) is 3.03. The SMILES string of the molecule is COc1cc(-c2cc(C(=O)O)[nH]n2)cc(NC(=O)OC(C)(C)C)c1O. The van der Waals surface area contributed by atoms with Crippen LogP contribution in [-0.2, 0) is 4.74 Å². The van der Waals surface area contributed by atoms with Gasteiger partial charge in [-0.15, -0.1) is 0 Å². The highest BCUT2D eigenvalue weighted by atomic mass is 16.6. The highest BCUT2D eigenvalue weighted by Crippen LogP contribution is 2.38. The van der Waals surface area contributed by atoms with Gasteiger partial charge in [-0.05, 0) is 39.0 Å². The highest BCUT2D eigenvalue weighted by Gasteiger charge is 2.20. The number of carboxylic acid groups (broad SMARTS) is 1. The van der Waals surface area contributed by atoms with E-state index < -0.39 is 17.7 Å². The fraction of sp³-hybridized carbons (Fsp3) is 0.312. The summed E-state index contributed by atoms with van der Waals surface area (Å²) in [5, 5.41) is 27.9. The van der Waals surface area contributed by atoms with Crippen molar-refractivity contribution in [1.29, 1.82) is 0 Å². The molecule has 134 valence electrons. The molecule has 0 atom stereocenters. The van der Waals surface area contributed by atoms with Crippen molar-refractivity contribution in [2.45, 2.75) is 26.4 Å². The molecule has 9 heteroatoms. The molecule has 0 bridgehead atoms. The Morgan fingerprint density at radius 3 is 2.44 bits per heavy atom. The number of carboxylic acids is 1. The van der Waals surface area contributed by atoms with Crippen LogP contribution >= 0.6 is 0 Å². The number of aromatic nitrogens is 2. The van der Waals surface area contributed by atoms with E-state index in [0.29, 0.717) is 11.3 Å². The zero-order valence-electron chi connectivity index (χ0n) is 14.2. The number of phenols is 1. The second kappa shape index (κ2) is 6.71. The fourth-order valence-corrected chi connectivity index (χ4v) is 2.00. The number of aromatic carboxylic acids is 1. The number of carbonyl (C=O) groups excluding carboxylic acids is 1. The van der Waals surface area contributed by atoms with Crippen LogP contribution in [-0.4, -0.2) is 45.2 Å². The van der Waals surface area contributed by atoms with Crippen LogP contribution in [0.5, 0.6) is 11.5 Å². The Kier molecular flexibility index (Phi) is 4.87. The number of hydrogen-bond acceptors (Lipinski definition) is 6. The number of methoxy groups -OCH3 is 1. The van der Waals surface area contributed by atoms with E-state index in [1.807, 2.05) is 0 Å². The molecule has 0 saturated heterocycles. The van der Waals surface area contributed by atoms with Crippen LogP contribution in [0.25, 0.3) is 11.3 Å². The Morgan fingerprint density at radius 2 is 1.92 bits per heavy atom. The van der Waals surface area contributed by atoms with Gasteiger partial charge in [0, 0.05) is 5.56 Å². The zero-order valence-corrected chi connectivity index (χ0v) is 14.2. The lowest BCUT2D eigenvalue weighted by Crippen LogP contribution is -2.27. The number of hydrogen-bond donors (Lipinski definition) is 4. The van der Waals surface area contributed by atoms with Gasteiger partial charge in [0.25, 0.3) is 0 Å². The molecule has 9 nitrogen and oxygen atoms in total. The summed E-state index contributed by atoms with van der Waals surface area (Å²) in [5.41, 5.74) is -0.0143. The number of nitrogens with one attached hydrogen (secondary N) is 2. The van der Waals surface area contributed by atoms with Gasteiger partial charge < -0.3 is 19.7 Å². The molecule has 4 N–H and O–H groups in total. The van der Waals surface area contributed by atoms with Crippen molar-refractivity contribution in [2.75, 3.05) is 12.4 Å². The molecule has 0 radical (unpaired) electrons. The molecule has 1 aromatic carbocycles. The lowest BCUT2D eigenvalue weighted by Gasteiger charge is -2.20. The van der Waals surface area contributed by atoms with Gasteiger partial charge in [0.05, 0.1) is 18.5 Å². The molecular weight excluding hydrogens is 330 g/mol. The molecule has 0 aliphatic carbocycles. The van der Waals surface area contributed by atoms with Crippen LogP contribution in [0.3, 0.4) is 0 Å². The minimum Gasteiger partial charge on any atom is -0.503 e. The summed E-state index contributed by atoms with van der Waals surface area (Å²) < 4.78 is 10.2. The van der Waals surface area contributed by atoms with E-state index in [1.165, 1.54) is 25.3 Å². The van der Waals surface area contributed by atoms with E-state index >= 15 is 0 Å². The average molecular weight is 349 g/mol. The van der Waals surface area contributed by atoms with Crippen LogP contribution in [0.4, 0.5) is 10.5 Å². The maximum Gasteiger partial charge on any atom is 0.412 e. The van der Waals surface area contributed by atoms with Crippen molar-refractivity contribution in [3.63, 3.8) is 0 Å². The molecule has 1 heterocycles. The number of rotatable bonds is 4. The smallest absolute Gasteiger partial charge is 0.412 e. The highest BCUT2D eigenvalue weighted by molar-refractivity contribution is 5.90. The van der Waals surface area contributed by atoms with Crippen LogP contribution in [0.1, 0.15) is 31.3 Å². The van der Waals surface area contributed by atoms with Gasteiger partial charge in [-0.3, -0.25) is 10.4 Å². The number of H-pyrrole nitrogens is 1. The maximum atomic E-state index is 11.9. The fourth-order valence-electron chi connectivity index (χ4n) is 2.00. The minimum absolute atomic E-state index is 0.0449. The first kappa shape index (κ1) is 18.1. The van der Waals surface area contributed by atoms with E-state index in [4.69, 9.17) is 14.6 Å². The Hall–Kier alpha value is -3.23. The molecule has 2 rings (SSSR count). The molecule has 0 aliphatic heterocycles. The molecule has 0 fully saturated rings. The van der Waals surface area contributed by atoms with Gasteiger partial charge in [-0.2, -0.15) is 5.10 Å². The van der Waals surface area contributed by atoms with Crippen molar-refractivity contribution < 1.29 is 29.3 Å². The molecule has 1 aromatic heterocycles. The molecule has 0 saturated carbocycles. The predicted octanol–water partition coefficient (Wildman–Crippen LogP) is 2.84. The summed E-state index contributed by atoms with van der Waals surface area (Å²) in [6.45, 7) is 5.13. The van der Waals surface area contributed by atoms with Crippen LogP contribution < -0.4 is 10.1 Å². The van der Waals surface area contributed by atoms with Gasteiger partial charge in [-0.1, -0.05) is 0 Å². The van der Waals surface area contributed by atoms with Crippen molar-refractivity contribution in [1.82, 2.24) is 10.2 Å². The third-order valence-corrected chi connectivity index (χ3v) is 3.03. The average Bonchev–Trinajstić information content (AvgIpc) is 2.97. The first-order valence-corrected chi connectivity index (χ1v) is 7.31. The maximum absolute atomic E-state index is 11.9. The molecule has 0 aliphatic rings. The lowest BCUT2D eigenvalue weighted by molar-refractivity contribution is 0.0633. The number of amides is 1. The third kappa shape index (κ3) is 4.40. The molecular formula is C16H19N3O6. The number of aromatic hydroxyl groups is 1. The molecule has 2 aromatic rings. The Balaban J connectivity index is 2.39. The van der Waals surface area contributed by atoms with E-state index in [0.717, 1.165) is 0 Å². The van der Waals surface area contributed by atoms with Crippen LogP contribution in [0.15, 0.2) is 18.2 Å². The monoisotopic (exact) mass is 349 g/mol. The molecule has 0 spiro atoms. The van der Waals surface area contributed by atoms with Crippen molar-refractivity contribution in [2.24, 2.45) is 0 Å². The predicted molar refractivity (Wildman–Crippen MR) is 89.1 cm³/mol. The van der Waals surface area contributed by atoms with Gasteiger partial charge in [0.2, 0.25) is 0 Å².